The van der Waals surface area contributed by atoms with Gasteiger partial charge in [0, 0.05) is 30.1 Å². The lowest BCUT2D eigenvalue weighted by Crippen LogP contribution is -2.07. The second kappa shape index (κ2) is 6.51. The van der Waals surface area contributed by atoms with Gasteiger partial charge in [0.2, 0.25) is 0 Å². The maximum absolute atomic E-state index is 4.81. The number of nitrogens with zero attached hydrogens (tertiary/aromatic N) is 6. The van der Waals surface area contributed by atoms with Gasteiger partial charge in [-0.05, 0) is 32.4 Å². The number of aromatic nitrogens is 6. The smallest absolute Gasteiger partial charge is 0.272 e. The topological polar surface area (TPSA) is 61.4 Å². The molecule has 3 aromatic heterocycles. The van der Waals surface area contributed by atoms with Gasteiger partial charge in [0.1, 0.15) is 5.52 Å². The number of hydrogen-bond acceptors (Lipinski definition) is 4. The van der Waals surface area contributed by atoms with Crippen LogP contribution in [0.4, 0.5) is 0 Å². The Morgan fingerprint density at radius 1 is 0.931 bits per heavy atom. The number of hydrogen-bond donors (Lipinski definition) is 0. The number of aryl methyl sites for hydroxylation is 3. The van der Waals surface area contributed by atoms with Crippen LogP contribution in [0.1, 0.15) is 28.1 Å². The first-order chi connectivity index (χ1) is 14.0. The fourth-order valence-corrected chi connectivity index (χ4v) is 4.04. The molecule has 0 spiro atoms. The summed E-state index contributed by atoms with van der Waals surface area (Å²) in [6.07, 6.45) is 0.836. The molecular weight excluding hydrogens is 360 g/mol. The monoisotopic (exact) mass is 382 g/mol. The summed E-state index contributed by atoms with van der Waals surface area (Å²) in [5.41, 5.74) is 8.50. The first-order valence-corrected chi connectivity index (χ1v) is 9.72. The van der Waals surface area contributed by atoms with E-state index in [4.69, 9.17) is 10.1 Å². The summed E-state index contributed by atoms with van der Waals surface area (Å²) in [5.74, 6) is 0.500. The summed E-state index contributed by atoms with van der Waals surface area (Å²) in [6, 6.07) is 16.7. The molecule has 0 amide bonds. The van der Waals surface area contributed by atoms with Crippen molar-refractivity contribution in [3.63, 3.8) is 0 Å². The normalized spacial score (nSPS) is 11.6. The molecule has 3 heterocycles. The first-order valence-electron chi connectivity index (χ1n) is 9.72. The highest BCUT2D eigenvalue weighted by atomic mass is 15.4. The molecule has 2 aromatic carbocycles. The Balaban J connectivity index is 1.62. The second-order valence-electron chi connectivity index (χ2n) is 7.59. The van der Waals surface area contributed by atoms with Crippen molar-refractivity contribution in [2.24, 2.45) is 7.05 Å². The van der Waals surface area contributed by atoms with E-state index in [1.165, 1.54) is 16.7 Å². The van der Waals surface area contributed by atoms with Crippen molar-refractivity contribution in [1.82, 2.24) is 29.5 Å². The molecule has 144 valence electrons. The van der Waals surface area contributed by atoms with Crippen molar-refractivity contribution in [2.45, 2.75) is 27.2 Å². The van der Waals surface area contributed by atoms with E-state index in [0.29, 0.717) is 5.95 Å². The molecule has 0 radical (unpaired) electrons. The Kier molecular flexibility index (Phi) is 3.94. The molecule has 0 saturated heterocycles. The summed E-state index contributed by atoms with van der Waals surface area (Å²) in [6.45, 7) is 6.22. The maximum atomic E-state index is 4.81. The molecule has 6 nitrogen and oxygen atoms in total. The van der Waals surface area contributed by atoms with E-state index >= 15 is 0 Å². The third kappa shape index (κ3) is 2.79. The summed E-state index contributed by atoms with van der Waals surface area (Å²) < 4.78 is 3.87. The lowest BCUT2D eigenvalue weighted by Gasteiger charge is -2.05. The minimum absolute atomic E-state index is 0.500. The van der Waals surface area contributed by atoms with Gasteiger partial charge in [-0.15, -0.1) is 10.2 Å². The highest BCUT2D eigenvalue weighted by Crippen LogP contribution is 2.26. The Hall–Kier alpha value is -3.54. The van der Waals surface area contributed by atoms with E-state index in [1.54, 1.807) is 0 Å². The summed E-state index contributed by atoms with van der Waals surface area (Å²) >= 11 is 0. The zero-order valence-corrected chi connectivity index (χ0v) is 17.0. The van der Waals surface area contributed by atoms with Gasteiger partial charge in [0.15, 0.2) is 5.65 Å². The molecule has 0 N–H and O–H groups in total. The third-order valence-corrected chi connectivity index (χ3v) is 5.59. The molecule has 29 heavy (non-hydrogen) atoms. The maximum Gasteiger partial charge on any atom is 0.272 e. The van der Waals surface area contributed by atoms with Crippen molar-refractivity contribution >= 4 is 22.1 Å². The van der Waals surface area contributed by atoms with Crippen LogP contribution in [0, 0.1) is 20.8 Å². The number of fused-ring (bicyclic) bond motifs is 3. The molecule has 6 heteroatoms. The van der Waals surface area contributed by atoms with Crippen LogP contribution in [0.25, 0.3) is 28.0 Å². The Morgan fingerprint density at radius 2 is 1.76 bits per heavy atom. The van der Waals surface area contributed by atoms with Crippen LogP contribution in [-0.2, 0) is 13.5 Å². The zero-order valence-electron chi connectivity index (χ0n) is 17.0. The van der Waals surface area contributed by atoms with E-state index < -0.39 is 0 Å². The average molecular weight is 382 g/mol. The largest absolute Gasteiger partial charge is 0.327 e. The van der Waals surface area contributed by atoms with Gasteiger partial charge in [0.25, 0.3) is 5.95 Å². The van der Waals surface area contributed by atoms with Gasteiger partial charge in [0.05, 0.1) is 11.2 Å². The molecule has 0 aliphatic rings. The molecule has 0 fully saturated rings. The standard InChI is InChI=1S/C23H22N6/c1-14-8-7-9-17(12-14)13-19-15(2)27-29(16(19)3)23-24-22-21(25-26-23)18-10-5-6-11-20(18)28(22)4/h5-12H,13H2,1-4H3. The molecule has 0 aliphatic carbocycles. The fourth-order valence-electron chi connectivity index (χ4n) is 4.04. The molecule has 0 atom stereocenters. The van der Waals surface area contributed by atoms with Gasteiger partial charge in [-0.1, -0.05) is 48.0 Å². The summed E-state index contributed by atoms with van der Waals surface area (Å²) in [7, 11) is 2.01. The van der Waals surface area contributed by atoms with Gasteiger partial charge in [-0.3, -0.25) is 0 Å². The lowest BCUT2D eigenvalue weighted by atomic mass is 10.0. The second-order valence-corrected chi connectivity index (χ2v) is 7.59. The van der Waals surface area contributed by atoms with E-state index in [2.05, 4.69) is 65.0 Å². The molecule has 5 rings (SSSR count). The van der Waals surface area contributed by atoms with Crippen LogP contribution in [-0.4, -0.2) is 29.5 Å². The van der Waals surface area contributed by atoms with Crippen LogP contribution in [0.5, 0.6) is 0 Å². The zero-order chi connectivity index (χ0) is 20.1. The predicted molar refractivity (Wildman–Crippen MR) is 114 cm³/mol. The molecule has 0 bridgehead atoms. The van der Waals surface area contributed by atoms with Crippen molar-refractivity contribution in [3.05, 3.63) is 76.6 Å². The van der Waals surface area contributed by atoms with Gasteiger partial charge < -0.3 is 4.57 Å². The number of rotatable bonds is 3. The first kappa shape index (κ1) is 17.6. The molecular formula is C23H22N6. The van der Waals surface area contributed by atoms with E-state index in [9.17, 15) is 0 Å². The third-order valence-electron chi connectivity index (χ3n) is 5.59. The molecule has 0 saturated carbocycles. The molecule has 0 unspecified atom stereocenters. The van der Waals surface area contributed by atoms with Crippen LogP contribution in [0.3, 0.4) is 0 Å². The van der Waals surface area contributed by atoms with Crippen LogP contribution >= 0.6 is 0 Å². The summed E-state index contributed by atoms with van der Waals surface area (Å²) in [4.78, 5) is 4.81. The van der Waals surface area contributed by atoms with Gasteiger partial charge in [-0.25, -0.2) is 4.68 Å². The highest BCUT2D eigenvalue weighted by molar-refractivity contribution is 6.03. The lowest BCUT2D eigenvalue weighted by molar-refractivity contribution is 0.752. The Labute approximate surface area is 168 Å². The number of para-hydroxylation sites is 1. The minimum Gasteiger partial charge on any atom is -0.327 e. The van der Waals surface area contributed by atoms with Crippen molar-refractivity contribution in [3.8, 4) is 5.95 Å². The SMILES string of the molecule is Cc1cccc(Cc2c(C)nn(-c3nnc4c5ccccc5n(C)c4n3)c2C)c1. The van der Waals surface area contributed by atoms with Crippen molar-refractivity contribution in [1.29, 1.82) is 0 Å². The van der Waals surface area contributed by atoms with Gasteiger partial charge in [-0.2, -0.15) is 10.1 Å². The minimum atomic E-state index is 0.500. The predicted octanol–water partition coefficient (Wildman–Crippen LogP) is 4.22. The van der Waals surface area contributed by atoms with E-state index in [-0.39, 0.29) is 0 Å². The molecule has 5 aromatic rings. The Bertz CT molecular complexity index is 1380. The van der Waals surface area contributed by atoms with Crippen LogP contribution in [0.2, 0.25) is 0 Å². The Morgan fingerprint density at radius 3 is 2.59 bits per heavy atom. The quantitative estimate of drug-likeness (QED) is 0.469. The van der Waals surface area contributed by atoms with Gasteiger partial charge >= 0.3 is 0 Å². The summed E-state index contributed by atoms with van der Waals surface area (Å²) in [5, 5.41) is 14.7. The van der Waals surface area contributed by atoms with Crippen LogP contribution < -0.4 is 0 Å². The van der Waals surface area contributed by atoms with Crippen LogP contribution in [0.15, 0.2) is 48.5 Å². The molecule has 0 aliphatic heterocycles. The fraction of sp³-hybridized carbons (Fsp3) is 0.217. The highest BCUT2D eigenvalue weighted by Gasteiger charge is 2.18. The van der Waals surface area contributed by atoms with E-state index in [1.807, 2.05) is 30.8 Å². The number of benzene rings is 2. The van der Waals surface area contributed by atoms with E-state index in [0.717, 1.165) is 39.9 Å². The van der Waals surface area contributed by atoms with Crippen molar-refractivity contribution in [2.75, 3.05) is 0 Å². The van der Waals surface area contributed by atoms with Crippen molar-refractivity contribution < 1.29 is 0 Å². The average Bonchev–Trinajstić information content (AvgIpc) is 3.17.